The minimum absolute atomic E-state index is 0.303. The van der Waals surface area contributed by atoms with Crippen LogP contribution in [0.4, 0.5) is 0 Å². The lowest BCUT2D eigenvalue weighted by molar-refractivity contribution is 0.409. The van der Waals surface area contributed by atoms with Crippen molar-refractivity contribution in [2.45, 2.75) is 26.3 Å². The fraction of sp³-hybridized carbons (Fsp3) is 0.286. The molecule has 1 aromatic heterocycles. The number of hydrogen-bond acceptors (Lipinski definition) is 4. The van der Waals surface area contributed by atoms with Gasteiger partial charge in [0, 0.05) is 18.0 Å². The van der Waals surface area contributed by atoms with Gasteiger partial charge in [-0.2, -0.15) is 0 Å². The number of para-hydroxylation sites is 1. The van der Waals surface area contributed by atoms with E-state index >= 15 is 0 Å². The van der Waals surface area contributed by atoms with Gasteiger partial charge < -0.3 is 14.5 Å². The lowest BCUT2D eigenvalue weighted by atomic mass is 10.1. The van der Waals surface area contributed by atoms with E-state index < -0.39 is 0 Å². The summed E-state index contributed by atoms with van der Waals surface area (Å²) in [5.41, 5.74) is 3.66. The Bertz CT molecular complexity index is 914. The Balaban J connectivity index is 1.70. The summed E-state index contributed by atoms with van der Waals surface area (Å²) in [5.74, 6) is 0.905. The predicted molar refractivity (Wildman–Crippen MR) is 100 cm³/mol. The Morgan fingerprint density at radius 2 is 1.92 bits per heavy atom. The van der Waals surface area contributed by atoms with Crippen molar-refractivity contribution in [3.05, 3.63) is 75.6 Å². The summed E-state index contributed by atoms with van der Waals surface area (Å²) in [6.45, 7) is 3.51. The van der Waals surface area contributed by atoms with Gasteiger partial charge >= 0.3 is 5.63 Å². The highest BCUT2D eigenvalue weighted by atomic mass is 16.5. The van der Waals surface area contributed by atoms with Crippen molar-refractivity contribution in [2.75, 3.05) is 13.7 Å². The Morgan fingerprint density at radius 3 is 2.72 bits per heavy atom. The Labute approximate surface area is 147 Å². The highest BCUT2D eigenvalue weighted by molar-refractivity contribution is 5.80. The minimum Gasteiger partial charge on any atom is -0.496 e. The van der Waals surface area contributed by atoms with Gasteiger partial charge in [-0.25, -0.2) is 4.79 Å². The molecular weight excluding hydrogens is 314 g/mol. The van der Waals surface area contributed by atoms with Crippen LogP contribution in [0.2, 0.25) is 0 Å². The van der Waals surface area contributed by atoms with Crippen molar-refractivity contribution in [1.82, 2.24) is 5.32 Å². The largest absolute Gasteiger partial charge is 0.496 e. The molecule has 0 saturated heterocycles. The smallest absolute Gasteiger partial charge is 0.336 e. The van der Waals surface area contributed by atoms with E-state index in [1.165, 1.54) is 5.56 Å². The third-order valence-corrected chi connectivity index (χ3v) is 4.38. The summed E-state index contributed by atoms with van der Waals surface area (Å²) in [5, 5.41) is 4.40. The van der Waals surface area contributed by atoms with Crippen LogP contribution in [0.5, 0.6) is 5.75 Å². The fourth-order valence-electron chi connectivity index (χ4n) is 3.00. The van der Waals surface area contributed by atoms with Crippen LogP contribution in [0.15, 0.2) is 57.7 Å². The molecule has 130 valence electrons. The van der Waals surface area contributed by atoms with Crippen molar-refractivity contribution in [3.63, 3.8) is 0 Å². The van der Waals surface area contributed by atoms with Crippen LogP contribution < -0.4 is 15.7 Å². The first-order chi connectivity index (χ1) is 12.2. The van der Waals surface area contributed by atoms with Gasteiger partial charge in [0.25, 0.3) is 0 Å². The lowest BCUT2D eigenvalue weighted by Gasteiger charge is -2.10. The zero-order valence-corrected chi connectivity index (χ0v) is 14.7. The first-order valence-electron chi connectivity index (χ1n) is 8.59. The van der Waals surface area contributed by atoms with Gasteiger partial charge in [-0.05, 0) is 48.2 Å². The lowest BCUT2D eigenvalue weighted by Crippen LogP contribution is -2.18. The van der Waals surface area contributed by atoms with E-state index in [4.69, 9.17) is 9.15 Å². The first-order valence-corrected chi connectivity index (χ1v) is 8.59. The second kappa shape index (κ2) is 7.99. The third kappa shape index (κ3) is 4.09. The average Bonchev–Trinajstić information content (AvgIpc) is 2.64. The maximum absolute atomic E-state index is 11.8. The predicted octanol–water partition coefficient (Wildman–Crippen LogP) is 3.70. The second-order valence-corrected chi connectivity index (χ2v) is 6.01. The van der Waals surface area contributed by atoms with E-state index in [9.17, 15) is 4.79 Å². The number of fused-ring (bicyclic) bond motifs is 1. The molecule has 25 heavy (non-hydrogen) atoms. The molecule has 3 aromatic rings. The van der Waals surface area contributed by atoms with Gasteiger partial charge in [-0.3, -0.25) is 0 Å². The number of rotatable bonds is 7. The number of benzene rings is 2. The molecule has 0 atom stereocenters. The number of ether oxygens (including phenoxy) is 1. The number of hydrogen-bond donors (Lipinski definition) is 1. The van der Waals surface area contributed by atoms with Gasteiger partial charge in [-0.15, -0.1) is 0 Å². The molecule has 0 spiro atoms. The fourth-order valence-corrected chi connectivity index (χ4v) is 3.00. The zero-order valence-electron chi connectivity index (χ0n) is 14.7. The van der Waals surface area contributed by atoms with E-state index in [0.717, 1.165) is 41.6 Å². The highest BCUT2D eigenvalue weighted by Gasteiger charge is 2.07. The summed E-state index contributed by atoms with van der Waals surface area (Å²) in [6.07, 6.45) is 1.78. The van der Waals surface area contributed by atoms with Crippen LogP contribution in [-0.2, 0) is 19.4 Å². The molecule has 4 heteroatoms. The monoisotopic (exact) mass is 337 g/mol. The van der Waals surface area contributed by atoms with Crippen LogP contribution >= 0.6 is 0 Å². The maximum Gasteiger partial charge on any atom is 0.336 e. The molecule has 0 radical (unpaired) electrons. The minimum atomic E-state index is -0.303. The van der Waals surface area contributed by atoms with Crippen molar-refractivity contribution in [3.8, 4) is 5.75 Å². The summed E-state index contributed by atoms with van der Waals surface area (Å²) in [4.78, 5) is 11.8. The molecule has 0 aliphatic carbocycles. The Hall–Kier alpha value is -2.59. The topological polar surface area (TPSA) is 51.5 Å². The van der Waals surface area contributed by atoms with Gasteiger partial charge in [0.15, 0.2) is 0 Å². The maximum atomic E-state index is 11.8. The SMILES string of the molecule is CCc1ccc2c(CNCCc3ccccc3OC)cc(=O)oc2c1. The van der Waals surface area contributed by atoms with Gasteiger partial charge in [-0.1, -0.05) is 37.3 Å². The second-order valence-electron chi connectivity index (χ2n) is 6.01. The molecule has 0 saturated carbocycles. The van der Waals surface area contributed by atoms with E-state index in [1.54, 1.807) is 13.2 Å². The molecule has 3 rings (SSSR count). The van der Waals surface area contributed by atoms with Crippen LogP contribution in [0.1, 0.15) is 23.6 Å². The van der Waals surface area contributed by atoms with Crippen molar-refractivity contribution >= 4 is 11.0 Å². The molecule has 0 aliphatic heterocycles. The van der Waals surface area contributed by atoms with Crippen LogP contribution in [0.25, 0.3) is 11.0 Å². The molecule has 4 nitrogen and oxygen atoms in total. The Kier molecular flexibility index (Phi) is 5.51. The van der Waals surface area contributed by atoms with Crippen molar-refractivity contribution < 1.29 is 9.15 Å². The van der Waals surface area contributed by atoms with Gasteiger partial charge in [0.1, 0.15) is 11.3 Å². The van der Waals surface area contributed by atoms with Crippen LogP contribution in [0, 0.1) is 0 Å². The molecule has 2 aromatic carbocycles. The highest BCUT2D eigenvalue weighted by Crippen LogP contribution is 2.20. The van der Waals surface area contributed by atoms with Crippen molar-refractivity contribution in [1.29, 1.82) is 0 Å². The quantitative estimate of drug-likeness (QED) is 0.528. The van der Waals surface area contributed by atoms with Gasteiger partial charge in [0.2, 0.25) is 0 Å². The number of aryl methyl sites for hydroxylation is 1. The zero-order chi connectivity index (χ0) is 17.6. The Morgan fingerprint density at radius 1 is 1.08 bits per heavy atom. The van der Waals surface area contributed by atoms with E-state index in [1.807, 2.05) is 30.3 Å². The molecule has 1 heterocycles. The number of methoxy groups -OCH3 is 1. The molecular formula is C21H23NO3. The van der Waals surface area contributed by atoms with Gasteiger partial charge in [0.05, 0.1) is 7.11 Å². The van der Waals surface area contributed by atoms with E-state index in [0.29, 0.717) is 12.1 Å². The summed E-state index contributed by atoms with van der Waals surface area (Å²) >= 11 is 0. The van der Waals surface area contributed by atoms with Crippen LogP contribution in [-0.4, -0.2) is 13.7 Å². The van der Waals surface area contributed by atoms with E-state index in [2.05, 4.69) is 24.4 Å². The van der Waals surface area contributed by atoms with E-state index in [-0.39, 0.29) is 5.63 Å². The third-order valence-electron chi connectivity index (χ3n) is 4.38. The molecule has 1 N–H and O–H groups in total. The molecule has 0 amide bonds. The molecule has 0 bridgehead atoms. The molecule has 0 unspecified atom stereocenters. The first kappa shape index (κ1) is 17.2. The summed E-state index contributed by atoms with van der Waals surface area (Å²) in [7, 11) is 1.69. The molecule has 0 fully saturated rings. The number of nitrogens with one attached hydrogen (secondary N) is 1. The average molecular weight is 337 g/mol. The van der Waals surface area contributed by atoms with Crippen LogP contribution in [0.3, 0.4) is 0 Å². The normalized spacial score (nSPS) is 11.0. The molecule has 0 aliphatic rings. The summed E-state index contributed by atoms with van der Waals surface area (Å²) in [6, 6.07) is 15.7. The van der Waals surface area contributed by atoms with Crippen molar-refractivity contribution in [2.24, 2.45) is 0 Å². The summed E-state index contributed by atoms with van der Waals surface area (Å²) < 4.78 is 10.7. The standard InChI is InChI=1S/C21H23NO3/c1-3-15-8-9-18-17(13-21(23)25-20(18)12-15)14-22-11-10-16-6-4-5-7-19(16)24-2/h4-9,12-13,22H,3,10-11,14H2,1-2H3.